The minimum Gasteiger partial charge on any atom is -0.550 e. The van der Waals surface area contributed by atoms with Gasteiger partial charge in [0.25, 0.3) is 0 Å². The topological polar surface area (TPSA) is 80.3 Å². The van der Waals surface area contributed by atoms with Gasteiger partial charge in [-0.25, -0.2) is 0 Å². The number of carboxylic acid groups (broad SMARTS) is 2. The van der Waals surface area contributed by atoms with E-state index in [1.807, 2.05) is 0 Å². The molecule has 74 valence electrons. The molecule has 4 nitrogen and oxygen atoms in total. The van der Waals surface area contributed by atoms with Crippen molar-refractivity contribution in [1.29, 1.82) is 0 Å². The molecule has 0 atom stereocenters. The van der Waals surface area contributed by atoms with Crippen LogP contribution < -0.4 is 69.3 Å². The summed E-state index contributed by atoms with van der Waals surface area (Å²) in [6, 6.07) is 6.02. The molecule has 1 rings (SSSR count). The van der Waals surface area contributed by atoms with Crippen LogP contribution in [0.4, 0.5) is 0 Å². The summed E-state index contributed by atoms with van der Waals surface area (Å²) in [5, 5.41) is 20.6. The van der Waals surface area contributed by atoms with Crippen LogP contribution in [0.25, 0.3) is 0 Å². The molecule has 6 heteroatoms. The monoisotopic (exact) mass is 238 g/mol. The van der Waals surface area contributed by atoms with Crippen molar-refractivity contribution in [2.75, 3.05) is 0 Å². The minimum atomic E-state index is -1.26. The molecule has 0 unspecified atom stereocenters. The minimum absolute atomic E-state index is 0. The summed E-state index contributed by atoms with van der Waals surface area (Å²) in [6.07, 6.45) is 0.153. The van der Waals surface area contributed by atoms with Crippen LogP contribution in [-0.4, -0.2) is 11.9 Å². The fourth-order valence-electron chi connectivity index (χ4n) is 1.10. The van der Waals surface area contributed by atoms with Crippen LogP contribution in [0.1, 0.15) is 22.3 Å². The van der Waals surface area contributed by atoms with E-state index in [9.17, 15) is 19.8 Å². The maximum Gasteiger partial charge on any atom is 1.00 e. The summed E-state index contributed by atoms with van der Waals surface area (Å²) >= 11 is 0. The van der Waals surface area contributed by atoms with Crippen molar-refractivity contribution in [3.63, 3.8) is 0 Å². The van der Waals surface area contributed by atoms with Crippen LogP contribution in [0.5, 0.6) is 0 Å². The number of aryl methyl sites for hydroxylation is 1. The van der Waals surface area contributed by atoms with Gasteiger partial charge in [0, 0.05) is 5.97 Å². The SMILES string of the molecule is O=C([O-])CCc1cccc(C(=O)[O-])c1.[Na+].[Na+]. The average molecular weight is 238 g/mol. The van der Waals surface area contributed by atoms with Crippen molar-refractivity contribution in [3.05, 3.63) is 35.4 Å². The van der Waals surface area contributed by atoms with E-state index in [4.69, 9.17) is 0 Å². The molecule has 0 bridgehead atoms. The largest absolute Gasteiger partial charge is 1.00 e. The smallest absolute Gasteiger partial charge is 0.550 e. The van der Waals surface area contributed by atoms with Gasteiger partial charge in [0.15, 0.2) is 0 Å². The third-order valence-corrected chi connectivity index (χ3v) is 1.78. The maximum absolute atomic E-state index is 10.5. The molecule has 0 fully saturated rings. The van der Waals surface area contributed by atoms with Crippen molar-refractivity contribution in [2.24, 2.45) is 0 Å². The van der Waals surface area contributed by atoms with E-state index in [0.717, 1.165) is 0 Å². The molecule has 16 heavy (non-hydrogen) atoms. The average Bonchev–Trinajstić information content (AvgIpc) is 2.15. The summed E-state index contributed by atoms with van der Waals surface area (Å²) in [7, 11) is 0. The van der Waals surface area contributed by atoms with Gasteiger partial charge in [0.2, 0.25) is 0 Å². The fraction of sp³-hybridized carbons (Fsp3) is 0.200. The van der Waals surface area contributed by atoms with Crippen molar-refractivity contribution in [1.82, 2.24) is 0 Å². The molecule has 0 radical (unpaired) electrons. The Morgan fingerprint density at radius 3 is 2.25 bits per heavy atom. The van der Waals surface area contributed by atoms with Gasteiger partial charge in [0.1, 0.15) is 0 Å². The van der Waals surface area contributed by atoms with Crippen LogP contribution >= 0.6 is 0 Å². The van der Waals surface area contributed by atoms with E-state index in [1.54, 1.807) is 12.1 Å². The second kappa shape index (κ2) is 9.22. The molecule has 0 amide bonds. The molecule has 0 heterocycles. The van der Waals surface area contributed by atoms with Crippen LogP contribution in [-0.2, 0) is 11.2 Å². The molecule has 0 spiro atoms. The normalized spacial score (nSPS) is 8.50. The summed E-state index contributed by atoms with van der Waals surface area (Å²) in [5.74, 6) is -2.41. The van der Waals surface area contributed by atoms with Crippen molar-refractivity contribution in [3.8, 4) is 0 Å². The van der Waals surface area contributed by atoms with Crippen molar-refractivity contribution >= 4 is 11.9 Å². The fourth-order valence-corrected chi connectivity index (χ4v) is 1.10. The first-order valence-corrected chi connectivity index (χ1v) is 4.09. The maximum atomic E-state index is 10.5. The van der Waals surface area contributed by atoms with Gasteiger partial charge in [-0.2, -0.15) is 0 Å². The number of benzene rings is 1. The Hall–Kier alpha value is 0.160. The standard InChI is InChI=1S/C10H10O4.2Na/c11-9(12)5-4-7-2-1-3-8(6-7)10(13)14;;/h1-3,6H,4-5H2,(H,11,12)(H,13,14);;/q;2*+1/p-2. The van der Waals surface area contributed by atoms with Gasteiger partial charge in [0.05, 0.1) is 5.97 Å². The Morgan fingerprint density at radius 2 is 1.75 bits per heavy atom. The van der Waals surface area contributed by atoms with Gasteiger partial charge in [-0.05, 0) is 30.0 Å². The first-order valence-electron chi connectivity index (χ1n) is 4.09. The second-order valence-corrected chi connectivity index (χ2v) is 2.86. The summed E-state index contributed by atoms with van der Waals surface area (Å²) in [5.41, 5.74) is 0.705. The Balaban J connectivity index is 0. The number of aliphatic carboxylic acids is 1. The molecule has 0 aliphatic heterocycles. The van der Waals surface area contributed by atoms with E-state index in [2.05, 4.69) is 0 Å². The van der Waals surface area contributed by atoms with Gasteiger partial charge >= 0.3 is 59.1 Å². The quantitative estimate of drug-likeness (QED) is 0.488. The first kappa shape index (κ1) is 18.5. The molecule has 0 saturated carbocycles. The zero-order chi connectivity index (χ0) is 10.6. The zero-order valence-corrected chi connectivity index (χ0v) is 13.4. The Labute approximate surface area is 138 Å². The molecule has 1 aromatic carbocycles. The molecular weight excluding hydrogens is 230 g/mol. The summed E-state index contributed by atoms with van der Waals surface area (Å²) in [6.45, 7) is 0. The van der Waals surface area contributed by atoms with Gasteiger partial charge in [-0.1, -0.05) is 18.2 Å². The number of carbonyl (C=O) groups is 2. The van der Waals surface area contributed by atoms with Gasteiger partial charge in [-0.3, -0.25) is 0 Å². The number of aromatic carboxylic acids is 1. The number of hydrogen-bond acceptors (Lipinski definition) is 4. The first-order chi connectivity index (χ1) is 6.59. The molecule has 0 aromatic heterocycles. The van der Waals surface area contributed by atoms with Crippen LogP contribution in [0.3, 0.4) is 0 Å². The van der Waals surface area contributed by atoms with Crippen LogP contribution in [0.15, 0.2) is 24.3 Å². The third-order valence-electron chi connectivity index (χ3n) is 1.78. The molecule has 0 aliphatic carbocycles. The number of carboxylic acids is 2. The van der Waals surface area contributed by atoms with E-state index in [-0.39, 0.29) is 77.5 Å². The van der Waals surface area contributed by atoms with Crippen LogP contribution in [0, 0.1) is 0 Å². The summed E-state index contributed by atoms with van der Waals surface area (Å²) in [4.78, 5) is 20.6. The summed E-state index contributed by atoms with van der Waals surface area (Å²) < 4.78 is 0. The predicted octanol–water partition coefficient (Wildman–Crippen LogP) is -7.26. The predicted molar refractivity (Wildman–Crippen MR) is 44.1 cm³/mol. The zero-order valence-electron chi connectivity index (χ0n) is 9.36. The van der Waals surface area contributed by atoms with Gasteiger partial charge < -0.3 is 19.8 Å². The Morgan fingerprint density at radius 1 is 1.12 bits per heavy atom. The van der Waals surface area contributed by atoms with E-state index < -0.39 is 11.9 Å². The van der Waals surface area contributed by atoms with E-state index in [0.29, 0.717) is 5.56 Å². The molecular formula is C10H8Na2O4. The number of rotatable bonds is 4. The molecule has 0 N–H and O–H groups in total. The Kier molecular flexibility index (Phi) is 10.7. The van der Waals surface area contributed by atoms with E-state index >= 15 is 0 Å². The van der Waals surface area contributed by atoms with E-state index in [1.165, 1.54) is 12.1 Å². The van der Waals surface area contributed by atoms with Crippen molar-refractivity contribution < 1.29 is 78.9 Å². The Bertz CT molecular complexity index is 366. The van der Waals surface area contributed by atoms with Crippen LogP contribution in [0.2, 0.25) is 0 Å². The van der Waals surface area contributed by atoms with Crippen molar-refractivity contribution in [2.45, 2.75) is 12.8 Å². The number of carbonyl (C=O) groups excluding carboxylic acids is 2. The molecule has 0 aliphatic rings. The molecule has 0 saturated heterocycles. The second-order valence-electron chi connectivity index (χ2n) is 2.86. The van der Waals surface area contributed by atoms with Gasteiger partial charge in [-0.15, -0.1) is 0 Å². The number of hydrogen-bond donors (Lipinski definition) is 0. The third kappa shape index (κ3) is 6.68. The molecule has 1 aromatic rings.